The zero-order valence-corrected chi connectivity index (χ0v) is 16.8. The Balaban J connectivity index is 1.72. The van der Waals surface area contributed by atoms with Crippen LogP contribution in [0.3, 0.4) is 0 Å². The van der Waals surface area contributed by atoms with Crippen molar-refractivity contribution in [3.05, 3.63) is 60.3 Å². The Morgan fingerprint density at radius 1 is 0.793 bits per heavy atom. The van der Waals surface area contributed by atoms with Crippen molar-refractivity contribution in [2.45, 2.75) is 6.92 Å². The maximum absolute atomic E-state index is 5.43. The Bertz CT molecular complexity index is 1130. The molecule has 0 aliphatic carbocycles. The van der Waals surface area contributed by atoms with Gasteiger partial charge in [0, 0.05) is 29.6 Å². The summed E-state index contributed by atoms with van der Waals surface area (Å²) in [5.74, 6) is 2.50. The molecule has 2 heterocycles. The van der Waals surface area contributed by atoms with E-state index in [2.05, 4.69) is 34.6 Å². The van der Waals surface area contributed by atoms with E-state index in [1.807, 2.05) is 47.0 Å². The summed E-state index contributed by atoms with van der Waals surface area (Å²) < 4.78 is 18.2. The Morgan fingerprint density at radius 2 is 1.48 bits per heavy atom. The molecule has 1 N–H and O–H groups in total. The van der Waals surface area contributed by atoms with Crippen LogP contribution in [0.2, 0.25) is 0 Å². The molecule has 0 aliphatic heterocycles. The van der Waals surface area contributed by atoms with E-state index in [0.29, 0.717) is 17.2 Å². The SMILES string of the molecule is COc1cc(Nc2ccc3nnc(-c4ccc(C)cc4)n3c2)cc(OC)c1OC. The molecule has 0 saturated carbocycles. The van der Waals surface area contributed by atoms with E-state index in [-0.39, 0.29) is 0 Å². The first kappa shape index (κ1) is 18.6. The minimum Gasteiger partial charge on any atom is -0.493 e. The fourth-order valence-corrected chi connectivity index (χ4v) is 3.18. The molecule has 0 aliphatic rings. The third kappa shape index (κ3) is 3.54. The van der Waals surface area contributed by atoms with E-state index in [4.69, 9.17) is 14.2 Å². The summed E-state index contributed by atoms with van der Waals surface area (Å²) in [6.07, 6.45) is 1.97. The van der Waals surface area contributed by atoms with Crippen molar-refractivity contribution in [1.29, 1.82) is 0 Å². The van der Waals surface area contributed by atoms with Crippen LogP contribution in [0.15, 0.2) is 54.7 Å². The summed E-state index contributed by atoms with van der Waals surface area (Å²) in [4.78, 5) is 0. The van der Waals surface area contributed by atoms with Crippen LogP contribution in [0.5, 0.6) is 17.2 Å². The Morgan fingerprint density at radius 3 is 2.10 bits per heavy atom. The predicted molar refractivity (Wildman–Crippen MR) is 113 cm³/mol. The molecular weight excluding hydrogens is 368 g/mol. The van der Waals surface area contributed by atoms with Gasteiger partial charge in [0.05, 0.1) is 27.0 Å². The van der Waals surface area contributed by atoms with Crippen LogP contribution in [0, 0.1) is 6.92 Å². The Kier molecular flexibility index (Phi) is 4.95. The largest absolute Gasteiger partial charge is 0.493 e. The Labute approximate surface area is 168 Å². The fraction of sp³-hybridized carbons (Fsp3) is 0.182. The summed E-state index contributed by atoms with van der Waals surface area (Å²) in [6.45, 7) is 2.06. The molecule has 0 radical (unpaired) electrons. The van der Waals surface area contributed by atoms with Crippen molar-refractivity contribution in [2.75, 3.05) is 26.6 Å². The zero-order chi connectivity index (χ0) is 20.4. The van der Waals surface area contributed by atoms with Crippen LogP contribution in [0.25, 0.3) is 17.0 Å². The first-order valence-electron chi connectivity index (χ1n) is 9.12. The van der Waals surface area contributed by atoms with Gasteiger partial charge in [-0.1, -0.05) is 29.8 Å². The van der Waals surface area contributed by atoms with Gasteiger partial charge >= 0.3 is 0 Å². The predicted octanol–water partition coefficient (Wildman–Crippen LogP) is 4.47. The lowest BCUT2D eigenvalue weighted by Crippen LogP contribution is -1.99. The number of methoxy groups -OCH3 is 3. The molecule has 7 nitrogen and oxygen atoms in total. The number of hydrogen-bond acceptors (Lipinski definition) is 6. The van der Waals surface area contributed by atoms with Crippen LogP contribution in [0.1, 0.15) is 5.56 Å². The fourth-order valence-electron chi connectivity index (χ4n) is 3.18. The first-order chi connectivity index (χ1) is 14.1. The molecule has 4 rings (SSSR count). The molecule has 0 bridgehead atoms. The van der Waals surface area contributed by atoms with Crippen molar-refractivity contribution in [3.8, 4) is 28.6 Å². The van der Waals surface area contributed by atoms with Crippen LogP contribution in [0.4, 0.5) is 11.4 Å². The lowest BCUT2D eigenvalue weighted by Gasteiger charge is -2.15. The highest BCUT2D eigenvalue weighted by Gasteiger charge is 2.14. The van der Waals surface area contributed by atoms with E-state index in [1.54, 1.807) is 21.3 Å². The number of anilines is 2. The third-order valence-corrected chi connectivity index (χ3v) is 4.67. The van der Waals surface area contributed by atoms with Gasteiger partial charge in [-0.3, -0.25) is 4.40 Å². The van der Waals surface area contributed by atoms with Gasteiger partial charge in [0.1, 0.15) is 0 Å². The number of nitrogens with one attached hydrogen (secondary N) is 1. The minimum absolute atomic E-state index is 0.552. The van der Waals surface area contributed by atoms with Gasteiger partial charge in [0.15, 0.2) is 23.0 Å². The summed E-state index contributed by atoms with van der Waals surface area (Å²) in [6, 6.07) is 15.8. The molecule has 0 amide bonds. The maximum Gasteiger partial charge on any atom is 0.203 e. The second kappa shape index (κ2) is 7.71. The number of ether oxygens (including phenoxy) is 3. The standard InChI is InChI=1S/C22H22N4O3/c1-14-5-7-15(8-6-14)22-25-24-20-10-9-16(13-26(20)22)23-17-11-18(27-2)21(29-4)19(12-17)28-3/h5-13,23H,1-4H3. The van der Waals surface area contributed by atoms with Crippen LogP contribution < -0.4 is 19.5 Å². The summed E-state index contributed by atoms with van der Waals surface area (Å²) in [7, 11) is 4.77. The molecule has 0 unspecified atom stereocenters. The number of aryl methyl sites for hydroxylation is 1. The molecule has 7 heteroatoms. The van der Waals surface area contributed by atoms with Gasteiger partial charge in [-0.15, -0.1) is 10.2 Å². The topological polar surface area (TPSA) is 69.9 Å². The summed E-state index contributed by atoms with van der Waals surface area (Å²) >= 11 is 0. The zero-order valence-electron chi connectivity index (χ0n) is 16.8. The molecule has 4 aromatic rings. The van der Waals surface area contributed by atoms with Crippen LogP contribution >= 0.6 is 0 Å². The molecule has 0 fully saturated rings. The molecule has 0 atom stereocenters. The normalized spacial score (nSPS) is 10.8. The van der Waals surface area contributed by atoms with Crippen molar-refractivity contribution in [1.82, 2.24) is 14.6 Å². The number of aromatic nitrogens is 3. The van der Waals surface area contributed by atoms with Gasteiger partial charge in [0.2, 0.25) is 5.75 Å². The highest BCUT2D eigenvalue weighted by Crippen LogP contribution is 2.40. The maximum atomic E-state index is 5.43. The number of hydrogen-bond donors (Lipinski definition) is 1. The highest BCUT2D eigenvalue weighted by molar-refractivity contribution is 5.69. The smallest absolute Gasteiger partial charge is 0.203 e. The second-order valence-corrected chi connectivity index (χ2v) is 6.57. The van der Waals surface area contributed by atoms with E-state index < -0.39 is 0 Å². The van der Waals surface area contributed by atoms with E-state index in [9.17, 15) is 0 Å². The van der Waals surface area contributed by atoms with Crippen molar-refractivity contribution in [3.63, 3.8) is 0 Å². The number of rotatable bonds is 6. The van der Waals surface area contributed by atoms with Gasteiger partial charge in [-0.2, -0.15) is 0 Å². The lowest BCUT2D eigenvalue weighted by molar-refractivity contribution is 0.324. The van der Waals surface area contributed by atoms with E-state index in [0.717, 1.165) is 28.4 Å². The molecule has 29 heavy (non-hydrogen) atoms. The van der Waals surface area contributed by atoms with Gasteiger partial charge in [-0.25, -0.2) is 0 Å². The van der Waals surface area contributed by atoms with Crippen molar-refractivity contribution in [2.24, 2.45) is 0 Å². The van der Waals surface area contributed by atoms with Gasteiger partial charge in [-0.05, 0) is 19.1 Å². The lowest BCUT2D eigenvalue weighted by atomic mass is 10.1. The number of fused-ring (bicyclic) bond motifs is 1. The summed E-state index contributed by atoms with van der Waals surface area (Å²) in [5.41, 5.74) is 4.67. The molecule has 148 valence electrons. The number of nitrogens with zero attached hydrogens (tertiary/aromatic N) is 3. The van der Waals surface area contributed by atoms with Crippen molar-refractivity contribution < 1.29 is 14.2 Å². The second-order valence-electron chi connectivity index (χ2n) is 6.57. The molecule has 0 saturated heterocycles. The van der Waals surface area contributed by atoms with E-state index in [1.165, 1.54) is 5.56 Å². The first-order valence-corrected chi connectivity index (χ1v) is 9.12. The average Bonchev–Trinajstić information content (AvgIpc) is 3.16. The van der Waals surface area contributed by atoms with Crippen molar-refractivity contribution >= 4 is 17.0 Å². The van der Waals surface area contributed by atoms with E-state index >= 15 is 0 Å². The molecule has 2 aromatic carbocycles. The third-order valence-electron chi connectivity index (χ3n) is 4.67. The van der Waals surface area contributed by atoms with Crippen LogP contribution in [-0.4, -0.2) is 35.9 Å². The highest BCUT2D eigenvalue weighted by atomic mass is 16.5. The monoisotopic (exact) mass is 390 g/mol. The quantitative estimate of drug-likeness (QED) is 0.524. The molecular formula is C22H22N4O3. The van der Waals surface area contributed by atoms with Gasteiger partial charge < -0.3 is 19.5 Å². The average molecular weight is 390 g/mol. The summed E-state index contributed by atoms with van der Waals surface area (Å²) in [5, 5.41) is 12.0. The molecule has 2 aromatic heterocycles. The number of benzene rings is 2. The number of pyridine rings is 1. The van der Waals surface area contributed by atoms with Crippen LogP contribution in [-0.2, 0) is 0 Å². The molecule has 0 spiro atoms. The van der Waals surface area contributed by atoms with Gasteiger partial charge in [0.25, 0.3) is 0 Å². The minimum atomic E-state index is 0.552. The Hall–Kier alpha value is -3.74.